The third kappa shape index (κ3) is 2.82. The summed E-state index contributed by atoms with van der Waals surface area (Å²) in [6.45, 7) is 1.16. The molecule has 1 N–H and O–H groups in total. The Morgan fingerprint density at radius 2 is 2.33 bits per heavy atom. The number of rotatable bonds is 3. The van der Waals surface area contributed by atoms with Gasteiger partial charge in [-0.2, -0.15) is 10.1 Å². The zero-order chi connectivity index (χ0) is 16.5. The lowest BCUT2D eigenvalue weighted by atomic mass is 10.1. The van der Waals surface area contributed by atoms with Crippen molar-refractivity contribution in [1.29, 1.82) is 0 Å². The number of aromatic nitrogens is 2. The molecule has 0 aliphatic carbocycles. The predicted molar refractivity (Wildman–Crippen MR) is 86.4 cm³/mol. The molecule has 2 amide bonds. The van der Waals surface area contributed by atoms with E-state index in [-0.39, 0.29) is 17.7 Å². The number of likely N-dealkylation sites (tertiary alicyclic amines) is 1. The van der Waals surface area contributed by atoms with Crippen LogP contribution in [0.3, 0.4) is 0 Å². The van der Waals surface area contributed by atoms with Crippen molar-refractivity contribution in [2.45, 2.75) is 25.2 Å². The minimum absolute atomic E-state index is 0.0604. The highest BCUT2D eigenvalue weighted by atomic mass is 32.1. The molecule has 1 saturated heterocycles. The predicted octanol–water partition coefficient (Wildman–Crippen LogP) is 1.38. The number of nitrogens with zero attached hydrogens (tertiary/aromatic N) is 4. The summed E-state index contributed by atoms with van der Waals surface area (Å²) in [5, 5.41) is 9.89. The smallest absolute Gasteiger partial charge is 0.270 e. The molecule has 8 nitrogen and oxygen atoms in total. The molecule has 0 saturated carbocycles. The van der Waals surface area contributed by atoms with Gasteiger partial charge in [-0.3, -0.25) is 9.59 Å². The standard InChI is InChI=1S/C15H15N5O3S/c21-12-4-3-10(17-18-12)15(22)20-6-5-9(8-20)13-16-14(23-19-13)11-2-1-7-24-11/h1-2,7,9H,3-6,8H2,(H,18,21). The molecule has 2 aliphatic heterocycles. The average molecular weight is 345 g/mol. The van der Waals surface area contributed by atoms with E-state index in [1.165, 1.54) is 0 Å². The number of hydrogen-bond acceptors (Lipinski definition) is 7. The summed E-state index contributed by atoms with van der Waals surface area (Å²) in [4.78, 5) is 30.7. The zero-order valence-electron chi connectivity index (χ0n) is 12.8. The van der Waals surface area contributed by atoms with Gasteiger partial charge in [0.25, 0.3) is 11.8 Å². The zero-order valence-corrected chi connectivity index (χ0v) is 13.6. The Bertz CT molecular complexity index is 798. The molecule has 24 heavy (non-hydrogen) atoms. The van der Waals surface area contributed by atoms with Gasteiger partial charge < -0.3 is 9.42 Å². The van der Waals surface area contributed by atoms with Crippen LogP contribution >= 0.6 is 11.3 Å². The fourth-order valence-corrected chi connectivity index (χ4v) is 3.51. The highest BCUT2D eigenvalue weighted by Gasteiger charge is 2.33. The molecule has 2 aliphatic rings. The summed E-state index contributed by atoms with van der Waals surface area (Å²) in [5.41, 5.74) is 2.77. The largest absolute Gasteiger partial charge is 0.337 e. The summed E-state index contributed by atoms with van der Waals surface area (Å²) in [7, 11) is 0. The molecule has 1 atom stereocenters. The lowest BCUT2D eigenvalue weighted by Crippen LogP contribution is -2.39. The first-order valence-electron chi connectivity index (χ1n) is 7.73. The molecule has 2 aromatic heterocycles. The number of amides is 2. The Balaban J connectivity index is 1.43. The van der Waals surface area contributed by atoms with Crippen molar-refractivity contribution in [3.05, 3.63) is 23.3 Å². The molecule has 2 aromatic rings. The minimum atomic E-state index is -0.154. The Kier molecular flexibility index (Phi) is 3.85. The first-order chi connectivity index (χ1) is 11.7. The van der Waals surface area contributed by atoms with Crippen molar-refractivity contribution in [3.8, 4) is 10.8 Å². The van der Waals surface area contributed by atoms with E-state index in [1.807, 2.05) is 17.5 Å². The van der Waals surface area contributed by atoms with Crippen LogP contribution in [0.4, 0.5) is 0 Å². The van der Waals surface area contributed by atoms with Crippen LogP contribution < -0.4 is 5.43 Å². The lowest BCUT2D eigenvalue weighted by Gasteiger charge is -2.18. The molecule has 0 radical (unpaired) electrons. The fourth-order valence-electron chi connectivity index (χ4n) is 2.87. The molecule has 1 unspecified atom stereocenters. The quantitative estimate of drug-likeness (QED) is 0.906. The summed E-state index contributed by atoms with van der Waals surface area (Å²) in [5.74, 6) is 0.931. The van der Waals surface area contributed by atoms with Gasteiger partial charge in [-0.25, -0.2) is 5.43 Å². The second kappa shape index (κ2) is 6.16. The minimum Gasteiger partial charge on any atom is -0.337 e. The van der Waals surface area contributed by atoms with Gasteiger partial charge >= 0.3 is 0 Å². The van der Waals surface area contributed by atoms with Gasteiger partial charge in [0.2, 0.25) is 5.91 Å². The van der Waals surface area contributed by atoms with Crippen LogP contribution in [0.25, 0.3) is 10.8 Å². The molecule has 0 spiro atoms. The maximum absolute atomic E-state index is 12.5. The molecular weight excluding hydrogens is 330 g/mol. The van der Waals surface area contributed by atoms with Crippen molar-refractivity contribution in [3.63, 3.8) is 0 Å². The Morgan fingerprint density at radius 3 is 3.08 bits per heavy atom. The second-order valence-corrected chi connectivity index (χ2v) is 6.71. The molecule has 4 heterocycles. The number of hydrazone groups is 1. The van der Waals surface area contributed by atoms with E-state index in [1.54, 1.807) is 16.2 Å². The molecular formula is C15H15N5O3S. The number of carbonyl (C=O) groups excluding carboxylic acids is 2. The number of hydrogen-bond donors (Lipinski definition) is 1. The summed E-state index contributed by atoms with van der Waals surface area (Å²) in [6.07, 6.45) is 1.47. The van der Waals surface area contributed by atoms with Crippen molar-refractivity contribution in [1.82, 2.24) is 20.5 Å². The molecule has 0 bridgehead atoms. The highest BCUT2D eigenvalue weighted by Crippen LogP contribution is 2.29. The van der Waals surface area contributed by atoms with Gasteiger partial charge in [-0.1, -0.05) is 11.2 Å². The number of thiophene rings is 1. The number of carbonyl (C=O) groups is 2. The van der Waals surface area contributed by atoms with E-state index < -0.39 is 0 Å². The van der Waals surface area contributed by atoms with E-state index >= 15 is 0 Å². The van der Waals surface area contributed by atoms with Crippen LogP contribution in [0.5, 0.6) is 0 Å². The number of nitrogens with one attached hydrogen (secondary N) is 1. The van der Waals surface area contributed by atoms with E-state index in [2.05, 4.69) is 20.7 Å². The Hall–Kier alpha value is -2.55. The van der Waals surface area contributed by atoms with Crippen LogP contribution in [0.15, 0.2) is 27.1 Å². The molecule has 1 fully saturated rings. The third-order valence-corrected chi connectivity index (χ3v) is 5.02. The van der Waals surface area contributed by atoms with E-state index in [0.717, 1.165) is 11.3 Å². The maximum Gasteiger partial charge on any atom is 0.270 e. The topological polar surface area (TPSA) is 101 Å². The highest BCUT2D eigenvalue weighted by molar-refractivity contribution is 7.13. The lowest BCUT2D eigenvalue weighted by molar-refractivity contribution is -0.123. The van der Waals surface area contributed by atoms with Crippen LogP contribution in [0, 0.1) is 0 Å². The van der Waals surface area contributed by atoms with Crippen LogP contribution in [0.1, 0.15) is 31.0 Å². The van der Waals surface area contributed by atoms with Crippen LogP contribution in [-0.2, 0) is 9.59 Å². The SMILES string of the molecule is O=C1CCC(C(=O)N2CCC(c3noc(-c4cccs4)n3)C2)=NN1. The summed E-state index contributed by atoms with van der Waals surface area (Å²) >= 11 is 1.55. The third-order valence-electron chi connectivity index (χ3n) is 4.17. The van der Waals surface area contributed by atoms with Crippen molar-refractivity contribution in [2.75, 3.05) is 13.1 Å². The van der Waals surface area contributed by atoms with Gasteiger partial charge in [-0.15, -0.1) is 11.3 Å². The van der Waals surface area contributed by atoms with Gasteiger partial charge in [0.15, 0.2) is 5.82 Å². The van der Waals surface area contributed by atoms with E-state index in [4.69, 9.17) is 4.52 Å². The van der Waals surface area contributed by atoms with Crippen LogP contribution in [-0.4, -0.2) is 45.7 Å². The maximum atomic E-state index is 12.5. The fraction of sp³-hybridized carbons (Fsp3) is 0.400. The monoisotopic (exact) mass is 345 g/mol. The summed E-state index contributed by atoms with van der Waals surface area (Å²) < 4.78 is 5.32. The van der Waals surface area contributed by atoms with Crippen molar-refractivity contribution in [2.24, 2.45) is 5.10 Å². The Morgan fingerprint density at radius 1 is 1.42 bits per heavy atom. The van der Waals surface area contributed by atoms with E-state index in [9.17, 15) is 9.59 Å². The molecule has 4 rings (SSSR count). The van der Waals surface area contributed by atoms with E-state index in [0.29, 0.717) is 43.4 Å². The van der Waals surface area contributed by atoms with Crippen molar-refractivity contribution >= 4 is 28.9 Å². The van der Waals surface area contributed by atoms with Crippen molar-refractivity contribution < 1.29 is 14.1 Å². The molecule has 9 heteroatoms. The normalized spacial score (nSPS) is 20.8. The first kappa shape index (κ1) is 15.0. The Labute approximate surface area is 141 Å². The summed E-state index contributed by atoms with van der Waals surface area (Å²) in [6, 6.07) is 3.87. The second-order valence-electron chi connectivity index (χ2n) is 5.77. The molecule has 0 aromatic carbocycles. The van der Waals surface area contributed by atoms with Crippen LogP contribution in [0.2, 0.25) is 0 Å². The average Bonchev–Trinajstić information content (AvgIpc) is 3.33. The van der Waals surface area contributed by atoms with Gasteiger partial charge in [-0.05, 0) is 17.9 Å². The first-order valence-corrected chi connectivity index (χ1v) is 8.61. The van der Waals surface area contributed by atoms with Gasteiger partial charge in [0, 0.05) is 31.8 Å². The van der Waals surface area contributed by atoms with Gasteiger partial charge in [0.05, 0.1) is 4.88 Å². The molecule has 124 valence electrons. The van der Waals surface area contributed by atoms with Gasteiger partial charge in [0.1, 0.15) is 5.71 Å².